The van der Waals surface area contributed by atoms with E-state index in [2.05, 4.69) is 10.7 Å². The maximum Gasteiger partial charge on any atom is 0.311 e. The highest BCUT2D eigenvalue weighted by Crippen LogP contribution is 2.23. The van der Waals surface area contributed by atoms with Crippen molar-refractivity contribution in [3.63, 3.8) is 0 Å². The largest absolute Gasteiger partial charge is 0.495 e. The average Bonchev–Trinajstić information content (AvgIpc) is 3.17. The molecule has 0 bridgehead atoms. The molecule has 0 radical (unpaired) electrons. The fraction of sp³-hybridized carbons (Fsp3) is 0.238. The Bertz CT molecular complexity index is 1100. The Labute approximate surface area is 187 Å². The van der Waals surface area contributed by atoms with Crippen LogP contribution in [0, 0.1) is 16.0 Å². The number of nitro benzene ring substituents is 1. The van der Waals surface area contributed by atoms with Gasteiger partial charge in [-0.05, 0) is 18.2 Å². The van der Waals surface area contributed by atoms with E-state index in [4.69, 9.17) is 9.47 Å². The van der Waals surface area contributed by atoms with Crippen molar-refractivity contribution in [2.45, 2.75) is 6.42 Å². The molecule has 1 aliphatic rings. The molecular formula is C21H20N4O8. The van der Waals surface area contributed by atoms with Crippen LogP contribution in [0.4, 0.5) is 11.4 Å². The average molecular weight is 456 g/mol. The van der Waals surface area contributed by atoms with Crippen molar-refractivity contribution in [2.75, 3.05) is 25.6 Å². The predicted molar refractivity (Wildman–Crippen MR) is 113 cm³/mol. The van der Waals surface area contributed by atoms with Gasteiger partial charge in [0.15, 0.2) is 6.61 Å². The fourth-order valence-electron chi connectivity index (χ4n) is 3.17. The lowest BCUT2D eigenvalue weighted by molar-refractivity contribution is -0.385. The van der Waals surface area contributed by atoms with Gasteiger partial charge < -0.3 is 14.8 Å². The van der Waals surface area contributed by atoms with Crippen LogP contribution in [0.2, 0.25) is 0 Å². The molecule has 2 N–H and O–H groups in total. The van der Waals surface area contributed by atoms with Crippen molar-refractivity contribution in [1.29, 1.82) is 0 Å². The van der Waals surface area contributed by atoms with Crippen molar-refractivity contribution < 1.29 is 33.6 Å². The first-order valence-corrected chi connectivity index (χ1v) is 9.74. The van der Waals surface area contributed by atoms with E-state index in [1.54, 1.807) is 24.3 Å². The second kappa shape index (κ2) is 10.2. The van der Waals surface area contributed by atoms with Crippen molar-refractivity contribution in [1.82, 2.24) is 10.4 Å². The third-order valence-electron chi connectivity index (χ3n) is 4.77. The number of para-hydroxylation sites is 3. The number of esters is 1. The number of carbonyl (C=O) groups excluding carboxylic acids is 4. The van der Waals surface area contributed by atoms with Gasteiger partial charge in [0.1, 0.15) is 11.3 Å². The summed E-state index contributed by atoms with van der Waals surface area (Å²) in [6.45, 7) is -0.775. The highest BCUT2D eigenvalue weighted by molar-refractivity contribution is 5.99. The van der Waals surface area contributed by atoms with Crippen LogP contribution in [-0.2, 0) is 19.1 Å². The van der Waals surface area contributed by atoms with E-state index in [1.165, 1.54) is 25.3 Å². The quantitative estimate of drug-likeness (QED) is 0.342. The molecule has 3 rings (SSSR count). The molecule has 33 heavy (non-hydrogen) atoms. The van der Waals surface area contributed by atoms with E-state index in [0.717, 1.165) is 11.1 Å². The molecule has 1 saturated heterocycles. The number of hydrogen-bond acceptors (Lipinski definition) is 8. The second-order valence-corrected chi connectivity index (χ2v) is 6.98. The van der Waals surface area contributed by atoms with Gasteiger partial charge in [0.2, 0.25) is 5.91 Å². The SMILES string of the molecule is COc1ccccc1NC(=O)COC(=O)[C@H]1CC(=O)N(NC(=O)c2ccccc2[N+](=O)[O-])C1. The second-order valence-electron chi connectivity index (χ2n) is 6.98. The number of carbonyl (C=O) groups is 4. The Morgan fingerprint density at radius 2 is 1.85 bits per heavy atom. The van der Waals surface area contributed by atoms with Crippen molar-refractivity contribution in [3.05, 3.63) is 64.2 Å². The number of hydrogen-bond donors (Lipinski definition) is 2. The molecule has 2 aromatic rings. The molecule has 0 aromatic heterocycles. The van der Waals surface area contributed by atoms with Crippen molar-refractivity contribution in [3.8, 4) is 5.75 Å². The van der Waals surface area contributed by atoms with E-state index in [0.29, 0.717) is 11.4 Å². The summed E-state index contributed by atoms with van der Waals surface area (Å²) in [6, 6.07) is 12.0. The molecule has 12 heteroatoms. The molecule has 12 nitrogen and oxygen atoms in total. The van der Waals surface area contributed by atoms with Gasteiger partial charge in [0.25, 0.3) is 17.5 Å². The van der Waals surface area contributed by atoms with Gasteiger partial charge >= 0.3 is 5.97 Å². The van der Waals surface area contributed by atoms with Crippen LogP contribution in [0.1, 0.15) is 16.8 Å². The van der Waals surface area contributed by atoms with Crippen LogP contribution < -0.4 is 15.5 Å². The fourth-order valence-corrected chi connectivity index (χ4v) is 3.17. The number of nitrogens with one attached hydrogen (secondary N) is 2. The van der Waals surface area contributed by atoms with E-state index in [-0.39, 0.29) is 18.5 Å². The van der Waals surface area contributed by atoms with E-state index in [9.17, 15) is 29.3 Å². The van der Waals surface area contributed by atoms with Crippen LogP contribution in [0.3, 0.4) is 0 Å². The Hall–Kier alpha value is -4.48. The highest BCUT2D eigenvalue weighted by atomic mass is 16.6. The van der Waals surface area contributed by atoms with Crippen LogP contribution in [0.5, 0.6) is 5.75 Å². The first kappa shape index (κ1) is 23.2. The summed E-state index contributed by atoms with van der Waals surface area (Å²) < 4.78 is 10.1. The summed E-state index contributed by atoms with van der Waals surface area (Å²) in [7, 11) is 1.45. The summed E-state index contributed by atoms with van der Waals surface area (Å²) in [5.74, 6) is -3.30. The highest BCUT2D eigenvalue weighted by Gasteiger charge is 2.37. The van der Waals surface area contributed by atoms with Crippen molar-refractivity contribution >= 4 is 35.1 Å². The minimum Gasteiger partial charge on any atom is -0.495 e. The molecule has 1 heterocycles. The maximum atomic E-state index is 12.4. The summed E-state index contributed by atoms with van der Waals surface area (Å²) in [5.41, 5.74) is 2.03. The number of anilines is 1. The smallest absolute Gasteiger partial charge is 0.311 e. The minimum atomic E-state index is -0.914. The molecule has 172 valence electrons. The van der Waals surface area contributed by atoms with Gasteiger partial charge in [0.05, 0.1) is 30.2 Å². The molecule has 0 spiro atoms. The Balaban J connectivity index is 1.53. The number of methoxy groups -OCH3 is 1. The van der Waals surface area contributed by atoms with Gasteiger partial charge in [0, 0.05) is 12.5 Å². The summed E-state index contributed by atoms with van der Waals surface area (Å²) in [6.07, 6.45) is -0.246. The monoisotopic (exact) mass is 456 g/mol. The predicted octanol–water partition coefficient (Wildman–Crippen LogP) is 1.28. The number of nitro groups is 1. The zero-order chi connectivity index (χ0) is 24.0. The molecule has 0 aliphatic carbocycles. The summed E-state index contributed by atoms with van der Waals surface area (Å²) in [5, 5.41) is 14.5. The lowest BCUT2D eigenvalue weighted by atomic mass is 10.1. The van der Waals surface area contributed by atoms with Crippen molar-refractivity contribution in [2.24, 2.45) is 5.92 Å². The van der Waals surface area contributed by atoms with E-state index in [1.807, 2.05) is 0 Å². The number of rotatable bonds is 8. The first-order valence-electron chi connectivity index (χ1n) is 9.74. The van der Waals surface area contributed by atoms with Gasteiger partial charge in [-0.2, -0.15) is 0 Å². The normalized spacial score (nSPS) is 15.0. The lowest BCUT2D eigenvalue weighted by Crippen LogP contribution is -2.43. The minimum absolute atomic E-state index is 0.196. The number of benzene rings is 2. The standard InChI is InChI=1S/C21H20N4O8/c1-32-17-9-5-3-7-15(17)22-18(26)12-33-21(29)13-10-19(27)24(11-13)23-20(28)14-6-2-4-8-16(14)25(30)31/h2-9,13H,10-12H2,1H3,(H,22,26)(H,23,28)/t13-/m0/s1. The zero-order valence-electron chi connectivity index (χ0n) is 17.5. The third kappa shape index (κ3) is 5.61. The third-order valence-corrected chi connectivity index (χ3v) is 4.77. The lowest BCUT2D eigenvalue weighted by Gasteiger charge is -2.17. The molecule has 0 saturated carbocycles. The molecule has 0 unspecified atom stereocenters. The number of ether oxygens (including phenoxy) is 2. The molecule has 2 aromatic carbocycles. The molecule has 3 amide bonds. The Kier molecular flexibility index (Phi) is 7.18. The van der Waals surface area contributed by atoms with Gasteiger partial charge in [-0.15, -0.1) is 0 Å². The Morgan fingerprint density at radius 1 is 1.15 bits per heavy atom. The van der Waals surface area contributed by atoms with Crippen LogP contribution >= 0.6 is 0 Å². The molecule has 1 aliphatic heterocycles. The molecule has 1 atom stereocenters. The summed E-state index contributed by atoms with van der Waals surface area (Å²) >= 11 is 0. The number of hydrazine groups is 1. The van der Waals surface area contributed by atoms with Crippen LogP contribution in [0.15, 0.2) is 48.5 Å². The number of nitrogens with zero attached hydrogens (tertiary/aromatic N) is 2. The van der Waals surface area contributed by atoms with Gasteiger partial charge in [-0.3, -0.25) is 39.7 Å². The van der Waals surface area contributed by atoms with Gasteiger partial charge in [-0.1, -0.05) is 24.3 Å². The summed E-state index contributed by atoms with van der Waals surface area (Å²) in [4.78, 5) is 59.4. The number of amides is 3. The topological polar surface area (TPSA) is 157 Å². The van der Waals surface area contributed by atoms with Crippen LogP contribution in [0.25, 0.3) is 0 Å². The maximum absolute atomic E-state index is 12.4. The zero-order valence-corrected chi connectivity index (χ0v) is 17.5. The molecule has 1 fully saturated rings. The Morgan fingerprint density at radius 3 is 2.58 bits per heavy atom. The van der Waals surface area contributed by atoms with E-state index >= 15 is 0 Å². The van der Waals surface area contributed by atoms with Crippen LogP contribution in [-0.4, -0.2) is 53.9 Å². The first-order chi connectivity index (χ1) is 15.8. The van der Waals surface area contributed by atoms with E-state index < -0.39 is 46.8 Å². The van der Waals surface area contributed by atoms with Gasteiger partial charge in [-0.25, -0.2) is 0 Å². The molecular weight excluding hydrogens is 436 g/mol.